The number of rotatable bonds is 7. The summed E-state index contributed by atoms with van der Waals surface area (Å²) in [6.45, 7) is 4.28. The maximum absolute atomic E-state index is 12.9. The van der Waals surface area contributed by atoms with Crippen molar-refractivity contribution >= 4 is 5.91 Å². The molecule has 0 saturated heterocycles. The second kappa shape index (κ2) is 7.79. The van der Waals surface area contributed by atoms with E-state index in [1.165, 1.54) is 6.07 Å². The SMILES string of the molecule is CCC(C)C(N)C(=O)NCCOc1ccc(F)c(F)c1. The lowest BCUT2D eigenvalue weighted by Gasteiger charge is -2.17. The zero-order valence-electron chi connectivity index (χ0n) is 11.7. The van der Waals surface area contributed by atoms with E-state index in [0.29, 0.717) is 0 Å². The van der Waals surface area contributed by atoms with E-state index in [1.807, 2.05) is 13.8 Å². The molecule has 2 atom stereocenters. The first-order valence-electron chi connectivity index (χ1n) is 6.56. The summed E-state index contributed by atoms with van der Waals surface area (Å²) < 4.78 is 30.8. The van der Waals surface area contributed by atoms with E-state index in [0.717, 1.165) is 18.6 Å². The molecule has 0 aromatic heterocycles. The van der Waals surface area contributed by atoms with Crippen molar-refractivity contribution in [2.45, 2.75) is 26.3 Å². The van der Waals surface area contributed by atoms with Gasteiger partial charge in [0.15, 0.2) is 11.6 Å². The molecule has 0 bridgehead atoms. The van der Waals surface area contributed by atoms with Crippen LogP contribution in [-0.2, 0) is 4.79 Å². The monoisotopic (exact) mass is 286 g/mol. The smallest absolute Gasteiger partial charge is 0.237 e. The Hall–Kier alpha value is -1.69. The molecule has 0 aliphatic carbocycles. The summed E-state index contributed by atoms with van der Waals surface area (Å²) in [5.74, 6) is -1.82. The van der Waals surface area contributed by atoms with E-state index in [2.05, 4.69) is 5.32 Å². The minimum atomic E-state index is -0.967. The molecule has 112 valence electrons. The topological polar surface area (TPSA) is 64.4 Å². The van der Waals surface area contributed by atoms with Crippen molar-refractivity contribution in [1.29, 1.82) is 0 Å². The molecule has 0 saturated carbocycles. The van der Waals surface area contributed by atoms with Gasteiger partial charge >= 0.3 is 0 Å². The summed E-state index contributed by atoms with van der Waals surface area (Å²) in [4.78, 5) is 11.7. The van der Waals surface area contributed by atoms with Gasteiger partial charge in [-0.3, -0.25) is 4.79 Å². The number of nitrogens with one attached hydrogen (secondary N) is 1. The summed E-state index contributed by atoms with van der Waals surface area (Å²) >= 11 is 0. The van der Waals surface area contributed by atoms with Gasteiger partial charge in [-0.25, -0.2) is 8.78 Å². The van der Waals surface area contributed by atoms with Gasteiger partial charge in [0.1, 0.15) is 12.4 Å². The highest BCUT2D eigenvalue weighted by atomic mass is 19.2. The highest BCUT2D eigenvalue weighted by molar-refractivity contribution is 5.81. The molecular formula is C14H20F2N2O2. The van der Waals surface area contributed by atoms with Crippen LogP contribution in [0.5, 0.6) is 5.75 Å². The summed E-state index contributed by atoms with van der Waals surface area (Å²) in [5, 5.41) is 2.64. The Morgan fingerprint density at radius 1 is 1.40 bits per heavy atom. The molecule has 0 fully saturated rings. The van der Waals surface area contributed by atoms with E-state index in [-0.39, 0.29) is 30.7 Å². The van der Waals surface area contributed by atoms with Gasteiger partial charge in [0, 0.05) is 6.07 Å². The lowest BCUT2D eigenvalue weighted by molar-refractivity contribution is -0.123. The average molecular weight is 286 g/mol. The van der Waals surface area contributed by atoms with Gasteiger partial charge in [0.25, 0.3) is 0 Å². The number of carbonyl (C=O) groups is 1. The van der Waals surface area contributed by atoms with E-state index >= 15 is 0 Å². The van der Waals surface area contributed by atoms with Gasteiger partial charge < -0.3 is 15.8 Å². The summed E-state index contributed by atoms with van der Waals surface area (Å²) in [6, 6.07) is 2.72. The first-order valence-corrected chi connectivity index (χ1v) is 6.56. The summed E-state index contributed by atoms with van der Waals surface area (Å²) in [7, 11) is 0. The van der Waals surface area contributed by atoms with Gasteiger partial charge in [0.05, 0.1) is 12.6 Å². The van der Waals surface area contributed by atoms with E-state index in [9.17, 15) is 13.6 Å². The Balaban J connectivity index is 2.31. The third kappa shape index (κ3) is 4.77. The van der Waals surface area contributed by atoms with Gasteiger partial charge in [-0.05, 0) is 18.1 Å². The van der Waals surface area contributed by atoms with Crippen LogP contribution in [0, 0.1) is 17.6 Å². The zero-order valence-corrected chi connectivity index (χ0v) is 11.7. The van der Waals surface area contributed by atoms with Crippen LogP contribution in [0.1, 0.15) is 20.3 Å². The van der Waals surface area contributed by atoms with Crippen LogP contribution < -0.4 is 15.8 Å². The van der Waals surface area contributed by atoms with E-state index < -0.39 is 17.7 Å². The average Bonchev–Trinajstić information content (AvgIpc) is 2.45. The number of hydrogen-bond acceptors (Lipinski definition) is 3. The van der Waals surface area contributed by atoms with Crippen molar-refractivity contribution in [3.8, 4) is 5.75 Å². The fourth-order valence-corrected chi connectivity index (χ4v) is 1.54. The van der Waals surface area contributed by atoms with Crippen LogP contribution in [0.3, 0.4) is 0 Å². The minimum absolute atomic E-state index is 0.0992. The molecule has 0 heterocycles. The molecule has 1 rings (SSSR count). The molecule has 1 aromatic carbocycles. The number of nitrogens with two attached hydrogens (primary N) is 1. The molecule has 0 radical (unpaired) electrons. The Morgan fingerprint density at radius 2 is 2.10 bits per heavy atom. The molecule has 2 unspecified atom stereocenters. The molecule has 0 aliphatic rings. The number of ether oxygens (including phenoxy) is 1. The molecule has 0 spiro atoms. The van der Waals surface area contributed by atoms with E-state index in [1.54, 1.807) is 0 Å². The first kappa shape index (κ1) is 16.4. The summed E-state index contributed by atoms with van der Waals surface area (Å²) in [6.07, 6.45) is 0.819. The Labute approximate surface area is 117 Å². The van der Waals surface area contributed by atoms with Crippen LogP contribution in [0.4, 0.5) is 8.78 Å². The number of benzene rings is 1. The van der Waals surface area contributed by atoms with Crippen molar-refractivity contribution in [2.24, 2.45) is 11.7 Å². The van der Waals surface area contributed by atoms with Gasteiger partial charge in [-0.1, -0.05) is 20.3 Å². The van der Waals surface area contributed by atoms with Crippen LogP contribution in [0.15, 0.2) is 18.2 Å². The molecule has 1 amide bonds. The van der Waals surface area contributed by atoms with Crippen LogP contribution >= 0.6 is 0 Å². The Kier molecular flexibility index (Phi) is 6.38. The number of hydrogen-bond donors (Lipinski definition) is 2. The highest BCUT2D eigenvalue weighted by Gasteiger charge is 2.18. The standard InChI is InChI=1S/C14H20F2N2O2/c1-3-9(2)13(17)14(19)18-6-7-20-10-4-5-11(15)12(16)8-10/h4-5,8-9,13H,3,6-7,17H2,1-2H3,(H,18,19). The molecule has 0 aliphatic heterocycles. The van der Waals surface area contributed by atoms with E-state index in [4.69, 9.17) is 10.5 Å². The number of carbonyl (C=O) groups excluding carboxylic acids is 1. The molecule has 4 nitrogen and oxygen atoms in total. The number of halogens is 2. The Morgan fingerprint density at radius 3 is 2.70 bits per heavy atom. The summed E-state index contributed by atoms with van der Waals surface area (Å²) in [5.41, 5.74) is 5.76. The second-order valence-electron chi connectivity index (χ2n) is 4.63. The van der Waals surface area contributed by atoms with Crippen molar-refractivity contribution in [2.75, 3.05) is 13.2 Å². The molecule has 3 N–H and O–H groups in total. The fraction of sp³-hybridized carbons (Fsp3) is 0.500. The van der Waals surface area contributed by atoms with Crippen LogP contribution in [0.2, 0.25) is 0 Å². The van der Waals surface area contributed by atoms with Crippen molar-refractivity contribution in [3.05, 3.63) is 29.8 Å². The third-order valence-electron chi connectivity index (χ3n) is 3.12. The molecule has 1 aromatic rings. The lowest BCUT2D eigenvalue weighted by atomic mass is 9.99. The maximum Gasteiger partial charge on any atom is 0.237 e. The Bertz CT molecular complexity index is 455. The fourth-order valence-electron chi connectivity index (χ4n) is 1.54. The first-order chi connectivity index (χ1) is 9.45. The minimum Gasteiger partial charge on any atom is -0.492 e. The van der Waals surface area contributed by atoms with Crippen LogP contribution in [-0.4, -0.2) is 25.1 Å². The van der Waals surface area contributed by atoms with Crippen molar-refractivity contribution in [1.82, 2.24) is 5.32 Å². The number of amides is 1. The predicted octanol–water partition coefficient (Wildman–Crippen LogP) is 1.83. The third-order valence-corrected chi connectivity index (χ3v) is 3.12. The lowest BCUT2D eigenvalue weighted by Crippen LogP contribution is -2.45. The van der Waals surface area contributed by atoms with Gasteiger partial charge in [-0.15, -0.1) is 0 Å². The largest absolute Gasteiger partial charge is 0.492 e. The quantitative estimate of drug-likeness (QED) is 0.752. The maximum atomic E-state index is 12.9. The molecule has 6 heteroatoms. The molecule has 20 heavy (non-hydrogen) atoms. The van der Waals surface area contributed by atoms with Crippen molar-refractivity contribution < 1.29 is 18.3 Å². The van der Waals surface area contributed by atoms with Crippen LogP contribution in [0.25, 0.3) is 0 Å². The normalized spacial score (nSPS) is 13.7. The van der Waals surface area contributed by atoms with Gasteiger partial charge in [-0.2, -0.15) is 0 Å². The molecular weight excluding hydrogens is 266 g/mol. The second-order valence-corrected chi connectivity index (χ2v) is 4.63. The predicted molar refractivity (Wildman–Crippen MR) is 72.3 cm³/mol. The zero-order chi connectivity index (χ0) is 15.1. The highest BCUT2D eigenvalue weighted by Crippen LogP contribution is 2.15. The van der Waals surface area contributed by atoms with Gasteiger partial charge in [0.2, 0.25) is 5.91 Å². The van der Waals surface area contributed by atoms with Crippen molar-refractivity contribution in [3.63, 3.8) is 0 Å².